The molecule has 0 rings (SSSR count). The van der Waals surface area contributed by atoms with Gasteiger partial charge < -0.3 is 15.8 Å². The maximum atomic E-state index is 11.3. The smallest absolute Gasteiger partial charge is 0.407 e. The van der Waals surface area contributed by atoms with E-state index < -0.39 is 11.7 Å². The summed E-state index contributed by atoms with van der Waals surface area (Å²) in [6.07, 6.45) is 5.62. The van der Waals surface area contributed by atoms with Crippen molar-refractivity contribution in [1.82, 2.24) is 5.32 Å². The highest BCUT2D eigenvalue weighted by Crippen LogP contribution is 2.06. The number of hydrogen-bond acceptors (Lipinski definition) is 3. The predicted octanol–water partition coefficient (Wildman–Crippen LogP) is 2.19. The summed E-state index contributed by atoms with van der Waals surface area (Å²) in [6, 6.07) is -0.154. The lowest BCUT2D eigenvalue weighted by Gasteiger charge is -2.20. The van der Waals surface area contributed by atoms with E-state index in [4.69, 9.17) is 10.5 Å². The zero-order valence-corrected chi connectivity index (χ0v) is 10.7. The summed E-state index contributed by atoms with van der Waals surface area (Å²) in [5, 5.41) is 2.63. The third-order valence-corrected chi connectivity index (χ3v) is 1.72. The van der Waals surface area contributed by atoms with E-state index in [1.165, 1.54) is 0 Å². The van der Waals surface area contributed by atoms with Crippen molar-refractivity contribution >= 4 is 6.09 Å². The molecule has 0 heterocycles. The fraction of sp³-hybridized carbons (Fsp3) is 0.750. The molecular formula is C12H24N2O2. The van der Waals surface area contributed by atoms with E-state index in [1.807, 2.05) is 32.9 Å². The summed E-state index contributed by atoms with van der Waals surface area (Å²) in [6.45, 7) is 7.99. The Hall–Kier alpha value is -1.03. The number of amides is 1. The lowest BCUT2D eigenvalue weighted by molar-refractivity contribution is 0.0526. The number of hydrogen-bond donors (Lipinski definition) is 2. The molecule has 3 N–H and O–H groups in total. The molecule has 16 heavy (non-hydrogen) atoms. The average molecular weight is 228 g/mol. The zero-order valence-electron chi connectivity index (χ0n) is 10.7. The Bertz CT molecular complexity index is 232. The second-order valence-corrected chi connectivity index (χ2v) is 4.76. The molecule has 0 bridgehead atoms. The third kappa shape index (κ3) is 9.52. The first kappa shape index (κ1) is 15.0. The summed E-state index contributed by atoms with van der Waals surface area (Å²) < 4.78 is 5.08. The highest BCUT2D eigenvalue weighted by atomic mass is 16.6. The summed E-state index contributed by atoms with van der Waals surface area (Å²) >= 11 is 0. The Kier molecular flexibility index (Phi) is 6.81. The number of alkyl carbamates (subject to hydrolysis) is 1. The predicted molar refractivity (Wildman–Crippen MR) is 66.3 cm³/mol. The largest absolute Gasteiger partial charge is 0.444 e. The molecule has 0 aliphatic carbocycles. The standard InChI is InChI=1S/C12H24N2O2/c1-5-6-7-8-10(13)9-14-11(15)16-12(2,3)4/h7-8,10H,5-6,9,13H2,1-4H3,(H,14,15)/b8-7+. The van der Waals surface area contributed by atoms with Crippen molar-refractivity contribution in [2.75, 3.05) is 6.54 Å². The molecule has 4 nitrogen and oxygen atoms in total. The fourth-order valence-corrected chi connectivity index (χ4v) is 1.02. The maximum Gasteiger partial charge on any atom is 0.407 e. The molecule has 0 saturated heterocycles. The number of carbonyl (C=O) groups excluding carboxylic acids is 1. The van der Waals surface area contributed by atoms with Gasteiger partial charge in [-0.15, -0.1) is 0 Å². The molecule has 0 radical (unpaired) electrons. The zero-order chi connectivity index (χ0) is 12.6. The Morgan fingerprint density at radius 3 is 2.62 bits per heavy atom. The van der Waals surface area contributed by atoms with Gasteiger partial charge in [-0.05, 0) is 27.2 Å². The van der Waals surface area contributed by atoms with Crippen molar-refractivity contribution in [1.29, 1.82) is 0 Å². The van der Waals surface area contributed by atoms with E-state index in [9.17, 15) is 4.79 Å². The molecule has 0 aromatic heterocycles. The van der Waals surface area contributed by atoms with Crippen molar-refractivity contribution in [3.8, 4) is 0 Å². The van der Waals surface area contributed by atoms with Crippen LogP contribution in [0.4, 0.5) is 4.79 Å². The van der Waals surface area contributed by atoms with Crippen LogP contribution >= 0.6 is 0 Å². The van der Waals surface area contributed by atoms with Gasteiger partial charge >= 0.3 is 6.09 Å². The van der Waals surface area contributed by atoms with Gasteiger partial charge in [0.25, 0.3) is 0 Å². The molecule has 0 saturated carbocycles. The first-order valence-electron chi connectivity index (χ1n) is 5.74. The number of allylic oxidation sites excluding steroid dienone is 1. The minimum absolute atomic E-state index is 0.154. The number of unbranched alkanes of at least 4 members (excludes halogenated alkanes) is 1. The molecule has 1 unspecified atom stereocenters. The van der Waals surface area contributed by atoms with Gasteiger partial charge in [-0.2, -0.15) is 0 Å². The van der Waals surface area contributed by atoms with E-state index in [0.717, 1.165) is 12.8 Å². The van der Waals surface area contributed by atoms with Crippen molar-refractivity contribution in [2.24, 2.45) is 5.73 Å². The number of ether oxygens (including phenoxy) is 1. The van der Waals surface area contributed by atoms with Crippen LogP contribution in [0.25, 0.3) is 0 Å². The van der Waals surface area contributed by atoms with Gasteiger partial charge in [0.15, 0.2) is 0 Å². The number of carbonyl (C=O) groups is 1. The first-order valence-corrected chi connectivity index (χ1v) is 5.74. The topological polar surface area (TPSA) is 64.3 Å². The highest BCUT2D eigenvalue weighted by molar-refractivity contribution is 5.67. The van der Waals surface area contributed by atoms with Crippen LogP contribution in [0.3, 0.4) is 0 Å². The van der Waals surface area contributed by atoms with Gasteiger partial charge in [0.2, 0.25) is 0 Å². The van der Waals surface area contributed by atoms with Crippen LogP contribution in [-0.2, 0) is 4.74 Å². The van der Waals surface area contributed by atoms with E-state index in [0.29, 0.717) is 6.54 Å². The SMILES string of the molecule is CCC/C=C/C(N)CNC(=O)OC(C)(C)C. The van der Waals surface area contributed by atoms with Crippen molar-refractivity contribution in [2.45, 2.75) is 52.2 Å². The number of rotatable bonds is 5. The summed E-state index contributed by atoms with van der Waals surface area (Å²) in [7, 11) is 0. The molecule has 0 aliphatic heterocycles. The van der Waals surface area contributed by atoms with Gasteiger partial charge in [0, 0.05) is 12.6 Å². The van der Waals surface area contributed by atoms with Crippen LogP contribution in [0.15, 0.2) is 12.2 Å². The maximum absolute atomic E-state index is 11.3. The van der Waals surface area contributed by atoms with Crippen molar-refractivity contribution in [3.05, 3.63) is 12.2 Å². The molecular weight excluding hydrogens is 204 g/mol. The molecule has 0 aliphatic rings. The fourth-order valence-electron chi connectivity index (χ4n) is 1.02. The number of nitrogens with two attached hydrogens (primary N) is 1. The molecule has 4 heteroatoms. The van der Waals surface area contributed by atoms with Crippen LogP contribution in [0.2, 0.25) is 0 Å². The van der Waals surface area contributed by atoms with Crippen molar-refractivity contribution < 1.29 is 9.53 Å². The van der Waals surface area contributed by atoms with Crippen LogP contribution in [0.5, 0.6) is 0 Å². The average Bonchev–Trinajstić information content (AvgIpc) is 2.12. The van der Waals surface area contributed by atoms with Gasteiger partial charge in [-0.1, -0.05) is 25.5 Å². The quantitative estimate of drug-likeness (QED) is 0.709. The van der Waals surface area contributed by atoms with Crippen LogP contribution in [0.1, 0.15) is 40.5 Å². The molecule has 0 aromatic carbocycles. The van der Waals surface area contributed by atoms with Gasteiger partial charge in [0.1, 0.15) is 5.60 Å². The molecule has 0 fully saturated rings. The van der Waals surface area contributed by atoms with Gasteiger partial charge in [0.05, 0.1) is 0 Å². The third-order valence-electron chi connectivity index (χ3n) is 1.72. The molecule has 1 amide bonds. The molecule has 0 aromatic rings. The summed E-state index contributed by atoms with van der Waals surface area (Å²) in [5.41, 5.74) is 5.30. The minimum Gasteiger partial charge on any atom is -0.444 e. The van der Waals surface area contributed by atoms with Crippen LogP contribution in [-0.4, -0.2) is 24.3 Å². The van der Waals surface area contributed by atoms with E-state index >= 15 is 0 Å². The van der Waals surface area contributed by atoms with E-state index in [1.54, 1.807) is 0 Å². The number of nitrogens with one attached hydrogen (secondary N) is 1. The van der Waals surface area contributed by atoms with Crippen LogP contribution < -0.4 is 11.1 Å². The summed E-state index contributed by atoms with van der Waals surface area (Å²) in [4.78, 5) is 11.3. The Labute approximate surface area is 98.2 Å². The molecule has 0 spiro atoms. The van der Waals surface area contributed by atoms with Crippen molar-refractivity contribution in [3.63, 3.8) is 0 Å². The Morgan fingerprint density at radius 2 is 2.12 bits per heavy atom. The van der Waals surface area contributed by atoms with E-state index in [2.05, 4.69) is 12.2 Å². The lowest BCUT2D eigenvalue weighted by Crippen LogP contribution is -2.39. The second-order valence-electron chi connectivity index (χ2n) is 4.76. The minimum atomic E-state index is -0.466. The van der Waals surface area contributed by atoms with Gasteiger partial charge in [-0.25, -0.2) is 4.79 Å². The molecule has 1 atom stereocenters. The monoisotopic (exact) mass is 228 g/mol. The Balaban J connectivity index is 3.75. The first-order chi connectivity index (χ1) is 7.35. The normalized spacial score (nSPS) is 13.8. The Morgan fingerprint density at radius 1 is 1.50 bits per heavy atom. The van der Waals surface area contributed by atoms with Gasteiger partial charge in [-0.3, -0.25) is 0 Å². The second kappa shape index (κ2) is 7.28. The van der Waals surface area contributed by atoms with E-state index in [-0.39, 0.29) is 6.04 Å². The highest BCUT2D eigenvalue weighted by Gasteiger charge is 2.15. The summed E-state index contributed by atoms with van der Waals surface area (Å²) in [5.74, 6) is 0. The lowest BCUT2D eigenvalue weighted by atomic mass is 10.2. The van der Waals surface area contributed by atoms with Crippen LogP contribution in [0, 0.1) is 0 Å². The molecule has 94 valence electrons.